The number of esters is 1. The van der Waals surface area contributed by atoms with Crippen molar-refractivity contribution < 1.29 is 14.3 Å². The molecule has 0 fully saturated rings. The number of ether oxygens (including phenoxy) is 2. The lowest BCUT2D eigenvalue weighted by molar-refractivity contribution is -0.131. The fourth-order valence-corrected chi connectivity index (χ4v) is 3.45. The van der Waals surface area contributed by atoms with Crippen LogP contribution in [0.4, 0.5) is 0 Å². The molecule has 2 aliphatic heterocycles. The molecular weight excluding hydrogens is 384 g/mol. The van der Waals surface area contributed by atoms with E-state index in [2.05, 4.69) is 22.0 Å². The second-order valence-corrected chi connectivity index (χ2v) is 6.52. The standard InChI is InChI=1S/C19H11BrN2O3/c20-11-6-7-14-12(8-11)15-13(9-21)18(22)25-17(16(15)19(23)24-14)10-4-2-1-3-5-10/h1-8,15H,22H2. The first kappa shape index (κ1) is 15.5. The van der Waals surface area contributed by atoms with E-state index in [0.717, 1.165) is 4.47 Å². The van der Waals surface area contributed by atoms with Crippen LogP contribution in [0.5, 0.6) is 5.75 Å². The predicted molar refractivity (Wildman–Crippen MR) is 93.8 cm³/mol. The van der Waals surface area contributed by atoms with E-state index in [4.69, 9.17) is 15.2 Å². The molecule has 0 spiro atoms. The molecule has 2 aromatic carbocycles. The Bertz CT molecular complexity index is 1000. The minimum Gasteiger partial charge on any atom is -0.439 e. The molecule has 122 valence electrons. The normalized spacial score (nSPS) is 18.7. The van der Waals surface area contributed by atoms with Gasteiger partial charge < -0.3 is 15.2 Å². The number of nitriles is 1. The minimum absolute atomic E-state index is 0.00396. The number of halogens is 1. The first-order chi connectivity index (χ1) is 12.1. The van der Waals surface area contributed by atoms with E-state index in [1.165, 1.54) is 0 Å². The van der Waals surface area contributed by atoms with Gasteiger partial charge in [0, 0.05) is 15.6 Å². The summed E-state index contributed by atoms with van der Waals surface area (Å²) in [5.74, 6) is -0.438. The van der Waals surface area contributed by atoms with E-state index in [1.807, 2.05) is 36.4 Å². The first-order valence-corrected chi connectivity index (χ1v) is 8.28. The molecule has 2 aliphatic rings. The fraction of sp³-hybridized carbons (Fsp3) is 0.0526. The Morgan fingerprint density at radius 1 is 1.12 bits per heavy atom. The zero-order valence-corrected chi connectivity index (χ0v) is 14.4. The molecule has 1 unspecified atom stereocenters. The van der Waals surface area contributed by atoms with Crippen LogP contribution in [-0.2, 0) is 9.53 Å². The zero-order chi connectivity index (χ0) is 17.6. The molecule has 0 amide bonds. The van der Waals surface area contributed by atoms with E-state index in [0.29, 0.717) is 22.6 Å². The second kappa shape index (κ2) is 5.80. The molecule has 0 aromatic heterocycles. The van der Waals surface area contributed by atoms with Crippen molar-refractivity contribution in [1.82, 2.24) is 0 Å². The molecule has 0 bridgehead atoms. The van der Waals surface area contributed by atoms with Gasteiger partial charge in [-0.3, -0.25) is 0 Å². The largest absolute Gasteiger partial charge is 0.439 e. The molecule has 6 heteroatoms. The number of nitrogens with zero attached hydrogens (tertiary/aromatic N) is 1. The number of benzene rings is 2. The van der Waals surface area contributed by atoms with Crippen molar-refractivity contribution in [2.45, 2.75) is 5.92 Å². The van der Waals surface area contributed by atoms with Gasteiger partial charge in [-0.1, -0.05) is 46.3 Å². The molecule has 0 saturated carbocycles. The van der Waals surface area contributed by atoms with Gasteiger partial charge in [-0.2, -0.15) is 5.26 Å². The maximum atomic E-state index is 12.7. The van der Waals surface area contributed by atoms with E-state index in [1.54, 1.807) is 12.1 Å². The van der Waals surface area contributed by atoms with E-state index < -0.39 is 11.9 Å². The summed E-state index contributed by atoms with van der Waals surface area (Å²) in [5.41, 5.74) is 7.87. The summed E-state index contributed by atoms with van der Waals surface area (Å²) in [6.07, 6.45) is 0. The van der Waals surface area contributed by atoms with Crippen molar-refractivity contribution >= 4 is 27.7 Å². The summed E-state index contributed by atoms with van der Waals surface area (Å²) in [6.45, 7) is 0. The Kier molecular flexibility index (Phi) is 3.59. The van der Waals surface area contributed by atoms with Gasteiger partial charge in [-0.05, 0) is 18.2 Å². The smallest absolute Gasteiger partial charge is 0.344 e. The number of carbonyl (C=O) groups is 1. The van der Waals surface area contributed by atoms with Crippen LogP contribution in [0.3, 0.4) is 0 Å². The van der Waals surface area contributed by atoms with Gasteiger partial charge >= 0.3 is 5.97 Å². The topological polar surface area (TPSA) is 85.3 Å². The molecule has 0 saturated heterocycles. The van der Waals surface area contributed by atoms with Gasteiger partial charge in [-0.15, -0.1) is 0 Å². The summed E-state index contributed by atoms with van der Waals surface area (Å²) in [7, 11) is 0. The van der Waals surface area contributed by atoms with Crippen LogP contribution in [0.1, 0.15) is 17.0 Å². The van der Waals surface area contributed by atoms with E-state index >= 15 is 0 Å². The van der Waals surface area contributed by atoms with Crippen molar-refractivity contribution in [3.05, 3.63) is 81.2 Å². The lowest BCUT2D eigenvalue weighted by atomic mass is 9.80. The lowest BCUT2D eigenvalue weighted by Crippen LogP contribution is -2.30. The first-order valence-electron chi connectivity index (χ1n) is 7.49. The maximum absolute atomic E-state index is 12.7. The van der Waals surface area contributed by atoms with Crippen LogP contribution in [0.25, 0.3) is 5.76 Å². The van der Waals surface area contributed by atoms with Crippen LogP contribution < -0.4 is 10.5 Å². The molecule has 4 rings (SSSR count). The van der Waals surface area contributed by atoms with Gasteiger partial charge in [0.05, 0.1) is 11.5 Å². The van der Waals surface area contributed by atoms with Gasteiger partial charge in [0.2, 0.25) is 5.88 Å². The van der Waals surface area contributed by atoms with Gasteiger partial charge in [-0.25, -0.2) is 4.79 Å². The maximum Gasteiger partial charge on any atom is 0.344 e. The Balaban J connectivity index is 2.02. The van der Waals surface area contributed by atoms with E-state index in [-0.39, 0.29) is 17.0 Å². The highest BCUT2D eigenvalue weighted by molar-refractivity contribution is 9.10. The number of hydrogen-bond donors (Lipinski definition) is 1. The monoisotopic (exact) mass is 394 g/mol. The molecule has 1 atom stereocenters. The molecular formula is C19H11BrN2O3. The van der Waals surface area contributed by atoms with Crippen molar-refractivity contribution in [3.63, 3.8) is 0 Å². The molecule has 5 nitrogen and oxygen atoms in total. The Hall–Kier alpha value is -3.04. The number of nitrogens with two attached hydrogens (primary N) is 1. The van der Waals surface area contributed by atoms with Crippen molar-refractivity contribution in [2.24, 2.45) is 5.73 Å². The van der Waals surface area contributed by atoms with Gasteiger partial charge in [0.25, 0.3) is 0 Å². The average Bonchev–Trinajstić information content (AvgIpc) is 2.62. The van der Waals surface area contributed by atoms with Crippen LogP contribution in [0.2, 0.25) is 0 Å². The van der Waals surface area contributed by atoms with Crippen molar-refractivity contribution in [3.8, 4) is 11.8 Å². The third-order valence-corrected chi connectivity index (χ3v) is 4.65. The number of rotatable bonds is 1. The number of allylic oxidation sites excluding steroid dienone is 1. The molecule has 2 heterocycles. The summed E-state index contributed by atoms with van der Waals surface area (Å²) in [6, 6.07) is 16.5. The van der Waals surface area contributed by atoms with Crippen LogP contribution in [-0.4, -0.2) is 5.97 Å². The van der Waals surface area contributed by atoms with Gasteiger partial charge in [0.15, 0.2) is 0 Å². The highest BCUT2D eigenvalue weighted by Gasteiger charge is 2.43. The van der Waals surface area contributed by atoms with Crippen LogP contribution >= 0.6 is 15.9 Å². The summed E-state index contributed by atoms with van der Waals surface area (Å²) in [4.78, 5) is 12.7. The third-order valence-electron chi connectivity index (χ3n) is 4.16. The summed E-state index contributed by atoms with van der Waals surface area (Å²) in [5, 5.41) is 9.58. The quantitative estimate of drug-likeness (QED) is 0.589. The lowest BCUT2D eigenvalue weighted by Gasteiger charge is -2.32. The fourth-order valence-electron chi connectivity index (χ4n) is 3.08. The second-order valence-electron chi connectivity index (χ2n) is 5.61. The molecule has 25 heavy (non-hydrogen) atoms. The highest BCUT2D eigenvalue weighted by atomic mass is 79.9. The average molecular weight is 395 g/mol. The summed E-state index contributed by atoms with van der Waals surface area (Å²) < 4.78 is 11.9. The SMILES string of the molecule is N#CC1=C(N)OC(c2ccccc2)=C2C(=O)Oc3ccc(Br)cc3C12. The Morgan fingerprint density at radius 3 is 2.60 bits per heavy atom. The van der Waals surface area contributed by atoms with E-state index in [9.17, 15) is 10.1 Å². The van der Waals surface area contributed by atoms with Crippen LogP contribution in [0.15, 0.2) is 70.0 Å². The highest BCUT2D eigenvalue weighted by Crippen LogP contribution is 2.48. The molecule has 0 aliphatic carbocycles. The Labute approximate surface area is 152 Å². The van der Waals surface area contributed by atoms with Gasteiger partial charge in [0.1, 0.15) is 23.2 Å². The Morgan fingerprint density at radius 2 is 1.88 bits per heavy atom. The zero-order valence-electron chi connectivity index (χ0n) is 12.8. The summed E-state index contributed by atoms with van der Waals surface area (Å²) >= 11 is 3.42. The van der Waals surface area contributed by atoms with Crippen molar-refractivity contribution in [2.75, 3.05) is 0 Å². The van der Waals surface area contributed by atoms with Crippen LogP contribution in [0, 0.1) is 11.3 Å². The molecule has 0 radical (unpaired) electrons. The molecule has 2 aromatic rings. The molecule has 2 N–H and O–H groups in total. The van der Waals surface area contributed by atoms with Crippen molar-refractivity contribution in [1.29, 1.82) is 5.26 Å². The predicted octanol–water partition coefficient (Wildman–Crippen LogP) is 3.59. The third kappa shape index (κ3) is 2.41. The number of carbonyl (C=O) groups excluding carboxylic acids is 1. The minimum atomic E-state index is -0.622. The number of fused-ring (bicyclic) bond motifs is 3. The number of hydrogen-bond acceptors (Lipinski definition) is 5.